The smallest absolute Gasteiger partial charge is 0.125 e. The van der Waals surface area contributed by atoms with Gasteiger partial charge in [0, 0.05) is 12.1 Å². The molecule has 0 aliphatic heterocycles. The van der Waals surface area contributed by atoms with Gasteiger partial charge in [-0.3, -0.25) is 0 Å². The molecule has 3 rings (SSSR count). The minimum Gasteiger partial charge on any atom is -0.397 e. The molecule has 4 heteroatoms. The molecular weight excluding hydrogens is 311 g/mol. The van der Waals surface area contributed by atoms with Crippen LogP contribution in [0.5, 0.6) is 0 Å². The lowest BCUT2D eigenvalue weighted by atomic mass is 9.86. The Morgan fingerprint density at radius 1 is 1.13 bits per heavy atom. The third-order valence-corrected chi connectivity index (χ3v) is 4.27. The molecule has 3 N–H and O–H groups in total. The highest BCUT2D eigenvalue weighted by Gasteiger charge is 2.30. The van der Waals surface area contributed by atoms with Gasteiger partial charge in [0.2, 0.25) is 0 Å². The van der Waals surface area contributed by atoms with E-state index in [2.05, 4.69) is 17.4 Å². The predicted molar refractivity (Wildman–Crippen MR) is 95.8 cm³/mol. The lowest BCUT2D eigenvalue weighted by molar-refractivity contribution is 0.628. The van der Waals surface area contributed by atoms with Gasteiger partial charge in [-0.05, 0) is 42.3 Å². The predicted octanol–water partition coefficient (Wildman–Crippen LogP) is 5.19. The number of benzene rings is 2. The number of nitrogens with one attached hydrogen (secondary N) is 1. The van der Waals surface area contributed by atoms with Crippen LogP contribution in [0.3, 0.4) is 0 Å². The first kappa shape index (κ1) is 15.6. The Kier molecular flexibility index (Phi) is 4.14. The summed E-state index contributed by atoms with van der Waals surface area (Å²) in [6.07, 6.45) is 4.65. The number of nitrogens with two attached hydrogens (primary N) is 1. The average molecular weight is 329 g/mol. The summed E-state index contributed by atoms with van der Waals surface area (Å²) < 4.78 is 13.1. The van der Waals surface area contributed by atoms with E-state index in [1.165, 1.54) is 12.1 Å². The fraction of sp³-hybridized carbons (Fsp3) is 0.158. The summed E-state index contributed by atoms with van der Waals surface area (Å²) in [6.45, 7) is 2.00. The van der Waals surface area contributed by atoms with E-state index in [1.54, 1.807) is 6.07 Å². The van der Waals surface area contributed by atoms with E-state index >= 15 is 0 Å². The van der Waals surface area contributed by atoms with Crippen molar-refractivity contribution < 1.29 is 4.39 Å². The molecule has 0 fully saturated rings. The molecule has 2 aromatic carbocycles. The lowest BCUT2D eigenvalue weighted by Gasteiger charge is -2.31. The molecule has 2 aromatic rings. The molecule has 118 valence electrons. The van der Waals surface area contributed by atoms with Crippen molar-refractivity contribution in [3.05, 3.63) is 77.8 Å². The van der Waals surface area contributed by atoms with Crippen molar-refractivity contribution in [1.82, 2.24) is 0 Å². The Balaban J connectivity index is 1.88. The van der Waals surface area contributed by atoms with Crippen LogP contribution in [0.4, 0.5) is 15.8 Å². The number of allylic oxidation sites excluding steroid dienone is 4. The van der Waals surface area contributed by atoms with Crippen molar-refractivity contribution in [3.63, 3.8) is 0 Å². The zero-order valence-electron chi connectivity index (χ0n) is 12.8. The maximum absolute atomic E-state index is 13.1. The van der Waals surface area contributed by atoms with Crippen LogP contribution in [0, 0.1) is 5.82 Å². The molecule has 0 amide bonds. The van der Waals surface area contributed by atoms with Gasteiger partial charge in [-0.2, -0.15) is 0 Å². The van der Waals surface area contributed by atoms with Crippen LogP contribution in [0.25, 0.3) is 5.57 Å². The van der Waals surface area contributed by atoms with Crippen molar-refractivity contribution >= 4 is 28.5 Å². The molecule has 0 saturated carbocycles. The van der Waals surface area contributed by atoms with Gasteiger partial charge in [-0.1, -0.05) is 36.4 Å². The number of alkyl halides is 1. The largest absolute Gasteiger partial charge is 0.397 e. The molecular formula is C19H18ClFN2. The van der Waals surface area contributed by atoms with Gasteiger partial charge >= 0.3 is 0 Å². The van der Waals surface area contributed by atoms with Gasteiger partial charge in [0.15, 0.2) is 0 Å². The monoisotopic (exact) mass is 328 g/mol. The van der Waals surface area contributed by atoms with Gasteiger partial charge in [-0.15, -0.1) is 11.6 Å². The zero-order valence-corrected chi connectivity index (χ0v) is 13.6. The van der Waals surface area contributed by atoms with Gasteiger partial charge in [0.1, 0.15) is 5.82 Å². The van der Waals surface area contributed by atoms with E-state index in [1.807, 2.05) is 37.3 Å². The van der Waals surface area contributed by atoms with E-state index < -0.39 is 4.87 Å². The van der Waals surface area contributed by atoms with Gasteiger partial charge < -0.3 is 11.1 Å². The molecule has 1 aliphatic rings. The number of hydrogen-bond acceptors (Lipinski definition) is 2. The first-order valence-corrected chi connectivity index (χ1v) is 7.81. The van der Waals surface area contributed by atoms with E-state index in [4.69, 9.17) is 17.3 Å². The van der Waals surface area contributed by atoms with Crippen LogP contribution in [0.2, 0.25) is 0 Å². The van der Waals surface area contributed by atoms with Crippen LogP contribution >= 0.6 is 11.6 Å². The van der Waals surface area contributed by atoms with Crippen LogP contribution in [0.15, 0.2) is 66.4 Å². The maximum Gasteiger partial charge on any atom is 0.125 e. The van der Waals surface area contributed by atoms with Crippen LogP contribution in [-0.2, 0) is 0 Å². The minimum absolute atomic E-state index is 0.348. The number of rotatable bonds is 3. The quantitative estimate of drug-likeness (QED) is 0.601. The minimum atomic E-state index is -0.521. The highest BCUT2D eigenvalue weighted by Crippen LogP contribution is 2.41. The summed E-state index contributed by atoms with van der Waals surface area (Å²) in [5, 5.41) is 3.24. The molecule has 0 aromatic heterocycles. The lowest BCUT2D eigenvalue weighted by Crippen LogP contribution is -2.24. The molecule has 1 aliphatic carbocycles. The van der Waals surface area contributed by atoms with Crippen LogP contribution in [-0.4, -0.2) is 4.87 Å². The number of nitrogen functional groups attached to an aromatic ring is 1. The molecule has 0 saturated heterocycles. The third kappa shape index (κ3) is 3.40. The molecule has 0 bridgehead atoms. The Morgan fingerprint density at radius 2 is 1.87 bits per heavy atom. The second kappa shape index (κ2) is 6.09. The molecule has 1 atom stereocenters. The molecule has 0 spiro atoms. The number of anilines is 2. The topological polar surface area (TPSA) is 38.0 Å². The summed E-state index contributed by atoms with van der Waals surface area (Å²) in [7, 11) is 0. The van der Waals surface area contributed by atoms with E-state index in [9.17, 15) is 4.39 Å². The highest BCUT2D eigenvalue weighted by molar-refractivity contribution is 6.30. The highest BCUT2D eigenvalue weighted by atomic mass is 35.5. The standard InChI is InChI=1S/C19H18ClFN2/c1-19(20)12-15(23-18-10-7-14(21)11-17(18)22)8-9-16(19)13-5-3-2-4-6-13/h2-11,23H,12,22H2,1H3. The summed E-state index contributed by atoms with van der Waals surface area (Å²) >= 11 is 6.76. The van der Waals surface area contributed by atoms with Crippen molar-refractivity contribution in [2.24, 2.45) is 0 Å². The first-order chi connectivity index (χ1) is 11.0. The average Bonchev–Trinajstić information content (AvgIpc) is 2.50. The van der Waals surface area contributed by atoms with Crippen LogP contribution < -0.4 is 11.1 Å². The Labute approximate surface area is 140 Å². The van der Waals surface area contributed by atoms with Crippen molar-refractivity contribution in [2.45, 2.75) is 18.2 Å². The fourth-order valence-corrected chi connectivity index (χ4v) is 3.11. The summed E-state index contributed by atoms with van der Waals surface area (Å²) in [5.41, 5.74) is 10.0. The normalized spacial score (nSPS) is 20.7. The molecule has 23 heavy (non-hydrogen) atoms. The Morgan fingerprint density at radius 3 is 2.52 bits per heavy atom. The SMILES string of the molecule is CC1(Cl)CC(Nc2ccc(F)cc2N)=CC=C1c1ccccc1. The number of halogens is 2. The van der Waals surface area contributed by atoms with E-state index in [0.29, 0.717) is 17.8 Å². The maximum atomic E-state index is 13.1. The molecule has 0 radical (unpaired) electrons. The Hall–Kier alpha value is -2.26. The Bertz CT molecular complexity index is 779. The first-order valence-electron chi connectivity index (χ1n) is 7.43. The number of hydrogen-bond donors (Lipinski definition) is 2. The second-order valence-electron chi connectivity index (χ2n) is 5.87. The van der Waals surface area contributed by atoms with E-state index in [0.717, 1.165) is 16.8 Å². The zero-order chi connectivity index (χ0) is 16.4. The summed E-state index contributed by atoms with van der Waals surface area (Å²) in [6, 6.07) is 14.4. The van der Waals surface area contributed by atoms with Crippen LogP contribution in [0.1, 0.15) is 18.9 Å². The molecule has 1 unspecified atom stereocenters. The van der Waals surface area contributed by atoms with Gasteiger partial charge in [-0.25, -0.2) is 4.39 Å². The summed E-state index contributed by atoms with van der Waals surface area (Å²) in [5.74, 6) is -0.348. The summed E-state index contributed by atoms with van der Waals surface area (Å²) in [4.78, 5) is -0.521. The fourth-order valence-electron chi connectivity index (χ4n) is 2.79. The van der Waals surface area contributed by atoms with E-state index in [-0.39, 0.29) is 5.82 Å². The van der Waals surface area contributed by atoms with Gasteiger partial charge in [0.25, 0.3) is 0 Å². The van der Waals surface area contributed by atoms with Crippen molar-refractivity contribution in [3.8, 4) is 0 Å². The van der Waals surface area contributed by atoms with Crippen molar-refractivity contribution in [2.75, 3.05) is 11.1 Å². The molecule has 2 nitrogen and oxygen atoms in total. The van der Waals surface area contributed by atoms with Crippen molar-refractivity contribution in [1.29, 1.82) is 0 Å². The molecule has 0 heterocycles. The third-order valence-electron chi connectivity index (χ3n) is 3.93. The second-order valence-corrected chi connectivity index (χ2v) is 6.70. The van der Waals surface area contributed by atoms with Gasteiger partial charge in [0.05, 0.1) is 16.2 Å².